The smallest absolute Gasteiger partial charge is 0.327 e. The summed E-state index contributed by atoms with van der Waals surface area (Å²) in [6.07, 6.45) is 3.20. The number of rotatable bonds is 3. The molecule has 0 radical (unpaired) electrons. The number of carbonyl (C=O) groups excluding carboxylic acids is 1. The number of H-pyrrole nitrogens is 2. The molecule has 3 heterocycles. The van der Waals surface area contributed by atoms with Gasteiger partial charge in [-0.1, -0.05) is 23.2 Å². The highest BCUT2D eigenvalue weighted by atomic mass is 16.3. The minimum absolute atomic E-state index is 0.165. The lowest BCUT2D eigenvalue weighted by molar-refractivity contribution is -0.347. The fraction of sp³-hybridized carbons (Fsp3) is 0. The number of nitrogens with zero attached hydrogens (tertiary/aromatic N) is 2. The summed E-state index contributed by atoms with van der Waals surface area (Å²) >= 11 is 0. The van der Waals surface area contributed by atoms with Crippen LogP contribution in [0.1, 0.15) is 0 Å². The van der Waals surface area contributed by atoms with E-state index in [9.17, 15) is 4.79 Å². The van der Waals surface area contributed by atoms with Crippen LogP contribution in [0.15, 0.2) is 59.5 Å². The molecular formula is C16H13N6O2+. The number of aromatic nitrogens is 4. The largest absolute Gasteiger partial charge is 0.463 e. The molecule has 0 saturated carbocycles. The predicted molar refractivity (Wildman–Crippen MR) is 87.2 cm³/mol. The highest BCUT2D eigenvalue weighted by Gasteiger charge is 2.20. The van der Waals surface area contributed by atoms with Gasteiger partial charge in [0, 0.05) is 5.69 Å². The predicted octanol–water partition coefficient (Wildman–Crippen LogP) is 2.68. The average Bonchev–Trinajstić information content (AvgIpc) is 3.26. The van der Waals surface area contributed by atoms with Gasteiger partial charge in [0.15, 0.2) is 17.8 Å². The Morgan fingerprint density at radius 3 is 2.75 bits per heavy atom. The molecule has 3 aromatic heterocycles. The van der Waals surface area contributed by atoms with Crippen molar-refractivity contribution in [3.05, 3.63) is 55.1 Å². The van der Waals surface area contributed by atoms with E-state index in [4.69, 9.17) is 4.42 Å². The first kappa shape index (κ1) is 13.9. The summed E-state index contributed by atoms with van der Waals surface area (Å²) in [5.41, 5.74) is 2.49. The summed E-state index contributed by atoms with van der Waals surface area (Å²) in [6.45, 7) is 0. The molecule has 0 spiro atoms. The number of anilines is 2. The van der Waals surface area contributed by atoms with Crippen molar-refractivity contribution in [2.75, 3.05) is 10.6 Å². The maximum Gasteiger partial charge on any atom is 0.327 e. The molecule has 0 bridgehead atoms. The molecule has 0 aliphatic heterocycles. The molecule has 8 nitrogen and oxygen atoms in total. The summed E-state index contributed by atoms with van der Waals surface area (Å²) in [5, 5.41) is 5.34. The summed E-state index contributed by atoms with van der Waals surface area (Å²) in [4.78, 5) is 26.7. The topological polar surface area (TPSA) is 110 Å². The lowest BCUT2D eigenvalue weighted by Crippen LogP contribution is -2.21. The van der Waals surface area contributed by atoms with Crippen LogP contribution in [-0.4, -0.2) is 21.0 Å². The number of nitrogens with one attached hydrogen (secondary N) is 4. The standard InChI is InChI=1S/C16H12N6O2/c23-16(19-10-5-2-1-3-6-10)22-15-20-12(11-7-4-8-24-11)13-14(21-15)18-9-17-13/h1-9H,(H3,17,18,19,20,21,22,23)/p+1. The van der Waals surface area contributed by atoms with Gasteiger partial charge in [-0.2, -0.15) is 4.98 Å². The van der Waals surface area contributed by atoms with Gasteiger partial charge in [0.1, 0.15) is 0 Å². The maximum atomic E-state index is 12.1. The average molecular weight is 321 g/mol. The van der Waals surface area contributed by atoms with Crippen molar-refractivity contribution in [2.45, 2.75) is 0 Å². The molecule has 0 aliphatic carbocycles. The number of hydrogen-bond donors (Lipinski definition) is 3. The first-order valence-electron chi connectivity index (χ1n) is 7.23. The summed E-state index contributed by atoms with van der Waals surface area (Å²) in [7, 11) is 0. The zero-order chi connectivity index (χ0) is 16.4. The first-order valence-corrected chi connectivity index (χ1v) is 7.23. The number of imidazole rings is 1. The molecule has 1 aromatic carbocycles. The van der Waals surface area contributed by atoms with Crippen molar-refractivity contribution in [1.29, 1.82) is 0 Å². The van der Waals surface area contributed by atoms with Gasteiger partial charge in [0.25, 0.3) is 0 Å². The lowest BCUT2D eigenvalue weighted by Gasteiger charge is -2.05. The highest BCUT2D eigenvalue weighted by Crippen LogP contribution is 2.24. The molecule has 0 saturated heterocycles. The fourth-order valence-electron chi connectivity index (χ4n) is 2.31. The second-order valence-corrected chi connectivity index (χ2v) is 4.97. The minimum atomic E-state index is -0.429. The number of furan rings is 1. The Hall–Kier alpha value is -3.68. The van der Waals surface area contributed by atoms with Crippen LogP contribution in [0, 0.1) is 0 Å². The lowest BCUT2D eigenvalue weighted by atomic mass is 10.3. The molecule has 24 heavy (non-hydrogen) atoms. The normalized spacial score (nSPS) is 10.7. The molecule has 0 atom stereocenters. The zero-order valence-corrected chi connectivity index (χ0v) is 12.4. The Bertz CT molecular complexity index is 978. The molecule has 0 unspecified atom stereocenters. The Morgan fingerprint density at radius 1 is 1.08 bits per heavy atom. The fourth-order valence-corrected chi connectivity index (χ4v) is 2.31. The molecule has 0 aliphatic rings. The van der Waals surface area contributed by atoms with Gasteiger partial charge in [0.05, 0.1) is 6.26 Å². The minimum Gasteiger partial charge on any atom is -0.463 e. The van der Waals surface area contributed by atoms with Crippen molar-refractivity contribution in [2.24, 2.45) is 0 Å². The Balaban J connectivity index is 1.64. The van der Waals surface area contributed by atoms with E-state index in [0.717, 1.165) is 0 Å². The van der Waals surface area contributed by atoms with Crippen molar-refractivity contribution < 1.29 is 14.2 Å². The summed E-state index contributed by atoms with van der Waals surface area (Å²) in [6, 6.07) is 12.3. The second-order valence-electron chi connectivity index (χ2n) is 4.97. The van der Waals surface area contributed by atoms with Crippen LogP contribution < -0.4 is 15.6 Å². The number of aromatic amines is 2. The van der Waals surface area contributed by atoms with Crippen LogP contribution in [0.25, 0.3) is 22.6 Å². The quantitative estimate of drug-likeness (QED) is 0.539. The van der Waals surface area contributed by atoms with Crippen molar-refractivity contribution in [3.8, 4) is 11.5 Å². The van der Waals surface area contributed by atoms with Gasteiger partial charge in [-0.15, -0.1) is 0 Å². The SMILES string of the molecule is O=C(Nc1ccccc1)Nc1nc(-c2ccco2)c2[nH]c[nH+]c2n1. The number of hydrogen-bond acceptors (Lipinski definition) is 4. The molecule has 4 aromatic rings. The number of para-hydroxylation sites is 1. The van der Waals surface area contributed by atoms with Crippen LogP contribution >= 0.6 is 0 Å². The molecule has 4 N–H and O–H groups in total. The number of fused-ring (bicyclic) bond motifs is 1. The van der Waals surface area contributed by atoms with Gasteiger partial charge < -0.3 is 9.73 Å². The number of amides is 2. The number of carbonyl (C=O) groups is 1. The second kappa shape index (κ2) is 5.84. The van der Waals surface area contributed by atoms with Crippen LogP contribution in [0.3, 0.4) is 0 Å². The third-order valence-electron chi connectivity index (χ3n) is 3.35. The number of urea groups is 1. The maximum absolute atomic E-state index is 12.1. The van der Waals surface area contributed by atoms with E-state index >= 15 is 0 Å². The third kappa shape index (κ3) is 2.68. The molecule has 4 rings (SSSR count). The van der Waals surface area contributed by atoms with E-state index < -0.39 is 6.03 Å². The first-order chi connectivity index (χ1) is 11.8. The van der Waals surface area contributed by atoms with Crippen LogP contribution in [0.2, 0.25) is 0 Å². The molecule has 2 amide bonds. The number of benzene rings is 1. The van der Waals surface area contributed by atoms with Crippen molar-refractivity contribution in [3.63, 3.8) is 0 Å². The van der Waals surface area contributed by atoms with E-state index in [2.05, 4.69) is 30.6 Å². The molecule has 118 valence electrons. The van der Waals surface area contributed by atoms with E-state index in [1.807, 2.05) is 18.2 Å². The Kier molecular flexibility index (Phi) is 3.39. The Labute approximate surface area is 136 Å². The van der Waals surface area contributed by atoms with Crippen molar-refractivity contribution in [1.82, 2.24) is 15.0 Å². The van der Waals surface area contributed by atoms with E-state index in [1.165, 1.54) is 0 Å². The van der Waals surface area contributed by atoms with Crippen LogP contribution in [0.4, 0.5) is 16.4 Å². The monoisotopic (exact) mass is 321 g/mol. The van der Waals surface area contributed by atoms with E-state index in [0.29, 0.717) is 28.3 Å². The summed E-state index contributed by atoms with van der Waals surface area (Å²) in [5.74, 6) is 0.739. The molecule has 0 fully saturated rings. The van der Waals surface area contributed by atoms with Crippen LogP contribution in [0.5, 0.6) is 0 Å². The summed E-state index contributed by atoms with van der Waals surface area (Å²) < 4.78 is 5.40. The highest BCUT2D eigenvalue weighted by molar-refractivity contribution is 5.99. The zero-order valence-electron chi connectivity index (χ0n) is 12.4. The van der Waals surface area contributed by atoms with E-state index in [1.54, 1.807) is 36.9 Å². The van der Waals surface area contributed by atoms with Crippen molar-refractivity contribution >= 4 is 28.8 Å². The third-order valence-corrected chi connectivity index (χ3v) is 3.35. The van der Waals surface area contributed by atoms with Gasteiger partial charge >= 0.3 is 17.6 Å². The molecular weight excluding hydrogens is 308 g/mol. The Morgan fingerprint density at radius 2 is 1.96 bits per heavy atom. The van der Waals surface area contributed by atoms with Gasteiger partial charge in [-0.3, -0.25) is 10.3 Å². The van der Waals surface area contributed by atoms with Crippen LogP contribution in [-0.2, 0) is 0 Å². The van der Waals surface area contributed by atoms with E-state index in [-0.39, 0.29) is 5.95 Å². The molecule has 8 heteroatoms. The van der Waals surface area contributed by atoms with Gasteiger partial charge in [0.2, 0.25) is 5.52 Å². The van der Waals surface area contributed by atoms with Gasteiger partial charge in [-0.05, 0) is 24.3 Å². The van der Waals surface area contributed by atoms with Gasteiger partial charge in [-0.25, -0.2) is 9.78 Å².